The molecule has 8 aromatic carbocycles. The molecule has 8 aromatic rings. The van der Waals surface area contributed by atoms with Crippen LogP contribution in [0, 0.1) is 48.5 Å². The van der Waals surface area contributed by atoms with Gasteiger partial charge in [0.2, 0.25) is 0 Å². The van der Waals surface area contributed by atoms with Crippen molar-refractivity contribution >= 4 is 54.1 Å². The molecule has 3 N–H and O–H groups in total. The number of carbonyl (C=O) groups excluding carboxylic acids is 1. The summed E-state index contributed by atoms with van der Waals surface area (Å²) in [5.74, 6) is 3.45. The van der Waals surface area contributed by atoms with Gasteiger partial charge >= 0.3 is 0 Å². The van der Waals surface area contributed by atoms with Gasteiger partial charge < -0.3 is 29.5 Å². The fourth-order valence-corrected chi connectivity index (χ4v) is 7.36. The van der Waals surface area contributed by atoms with Gasteiger partial charge in [-0.25, -0.2) is 0 Å². The van der Waals surface area contributed by atoms with Crippen LogP contribution >= 0.6 is 47.8 Å². The number of hydrogen-bond acceptors (Lipinski definition) is 7. The molecule has 0 fully saturated rings. The van der Waals surface area contributed by atoms with Gasteiger partial charge in [-0.15, -0.1) is 0 Å². The Kier molecular flexibility index (Phi) is 34.1. The molecule has 0 unspecified atom stereocenters. The molecular weight excluding hydrogens is 1140 g/mol. The molecule has 0 aliphatic heterocycles. The molecule has 0 saturated heterocycles. The van der Waals surface area contributed by atoms with Crippen LogP contribution in [0.15, 0.2) is 186 Å². The molecule has 0 heterocycles. The van der Waals surface area contributed by atoms with Crippen LogP contribution in [0.2, 0.25) is 0 Å². The Hall–Kier alpha value is -6.17. The highest BCUT2D eigenvalue weighted by molar-refractivity contribution is 9.10. The van der Waals surface area contributed by atoms with E-state index in [1.165, 1.54) is 67.8 Å². The molecule has 0 spiro atoms. The number of phenols is 2. The average Bonchev–Trinajstić information content (AvgIpc) is 3.43. The van der Waals surface area contributed by atoms with Gasteiger partial charge in [0.1, 0.15) is 41.6 Å². The molecule has 76 heavy (non-hydrogen) atoms. The summed E-state index contributed by atoms with van der Waals surface area (Å²) in [6.07, 6.45) is 2.85. The maximum Gasteiger partial charge on any atom is 0.150 e. The highest BCUT2D eigenvalue weighted by Gasteiger charge is 2.05. The normalized spacial score (nSPS) is 9.70. The van der Waals surface area contributed by atoms with Crippen LogP contribution in [0.25, 0.3) is 0 Å². The van der Waals surface area contributed by atoms with E-state index in [2.05, 4.69) is 188 Å². The SMILES string of the molecule is CCCOc1ccc(C)cc1.CCCOc1ccc(CBr)cc1.Cc1ccc(CBr)cc1.Cc1ccc(COc2c(C)cc(C)cc2C)cc1.Cc1ccc(O)cc1.O=Cc1ccc(O)cc1.OCc1ccc(Br)cc1. The minimum atomic E-state index is 0.118. The van der Waals surface area contributed by atoms with E-state index in [1.54, 1.807) is 24.3 Å². The van der Waals surface area contributed by atoms with Gasteiger partial charge in [0.05, 0.1) is 19.8 Å². The Balaban J connectivity index is 0.000000309. The van der Waals surface area contributed by atoms with Crippen molar-refractivity contribution in [3.05, 3.63) is 253 Å². The Morgan fingerprint density at radius 1 is 0.434 bits per heavy atom. The van der Waals surface area contributed by atoms with Crippen molar-refractivity contribution in [3.63, 3.8) is 0 Å². The van der Waals surface area contributed by atoms with E-state index in [0.29, 0.717) is 17.9 Å². The molecule has 0 saturated carbocycles. The van der Waals surface area contributed by atoms with E-state index in [0.717, 1.165) is 70.3 Å². The van der Waals surface area contributed by atoms with Crippen LogP contribution in [0.4, 0.5) is 0 Å². The van der Waals surface area contributed by atoms with Gasteiger partial charge in [-0.1, -0.05) is 199 Å². The van der Waals surface area contributed by atoms with Crippen molar-refractivity contribution in [2.75, 3.05) is 13.2 Å². The Bertz CT molecular complexity index is 2660. The number of benzene rings is 8. The van der Waals surface area contributed by atoms with Crippen LogP contribution < -0.4 is 14.2 Å². The third-order valence-electron chi connectivity index (χ3n) is 10.6. The summed E-state index contributed by atoms with van der Waals surface area (Å²) in [6, 6.07) is 58.3. The zero-order valence-electron chi connectivity index (χ0n) is 45.7. The standard InChI is InChI=1S/C17H20O.C10H13BrO.C10H14O.C8H9Br.C7H7BrO.C7H6O2.C7H8O/c1-12-5-7-16(8-6-12)11-18-17-14(3)9-13(2)10-15(17)4;1-2-7-12-10-5-3-9(8-11)4-6-10;1-3-8-11-10-6-4-9(2)5-7-10;1-7-2-4-8(6-9)5-3-7;8-7-3-1-6(5-9)2-4-7;8-5-6-1-3-7(9)4-2-6;1-6-2-4-7(8)5-3-6/h5-10H,11H2,1-4H3;3-6H,2,7-8H2,1H3;4-7H,3,8H2,1-2H3;2-5H,6H2,1H3;1-4,9H,5H2;1-5,9H;2-5,8H,1H3. The third kappa shape index (κ3) is 29.8. The molecule has 0 radical (unpaired) electrons. The number of aromatic hydroxyl groups is 2. The molecule has 0 amide bonds. The average molecular weight is 1220 g/mol. The van der Waals surface area contributed by atoms with Gasteiger partial charge in [-0.3, -0.25) is 4.79 Å². The van der Waals surface area contributed by atoms with Crippen molar-refractivity contribution in [2.45, 2.75) is 99.0 Å². The van der Waals surface area contributed by atoms with Crippen molar-refractivity contribution in [1.82, 2.24) is 0 Å². The van der Waals surface area contributed by atoms with E-state index >= 15 is 0 Å². The van der Waals surface area contributed by atoms with Gasteiger partial charge in [-0.2, -0.15) is 0 Å². The molecule has 0 bridgehead atoms. The lowest BCUT2D eigenvalue weighted by molar-refractivity contribution is 0.112. The third-order valence-corrected chi connectivity index (χ3v) is 12.4. The first-order valence-electron chi connectivity index (χ1n) is 25.2. The summed E-state index contributed by atoms with van der Waals surface area (Å²) in [5.41, 5.74) is 14.1. The maximum atomic E-state index is 10.0. The number of carbonyl (C=O) groups is 1. The number of hydrogen-bond donors (Lipinski definition) is 3. The fraction of sp³-hybridized carbons (Fsp3) is 0.258. The van der Waals surface area contributed by atoms with Gasteiger partial charge in [-0.05, 0) is 167 Å². The molecule has 10 heteroatoms. The summed E-state index contributed by atoms with van der Waals surface area (Å²) in [5, 5.41) is 28.0. The minimum absolute atomic E-state index is 0.118. The van der Waals surface area contributed by atoms with Crippen LogP contribution in [-0.4, -0.2) is 34.8 Å². The Morgan fingerprint density at radius 3 is 1.14 bits per heavy atom. The number of aliphatic hydroxyl groups is 1. The Morgan fingerprint density at radius 2 is 0.776 bits per heavy atom. The number of aryl methyl sites for hydroxylation is 7. The van der Waals surface area contributed by atoms with Crippen molar-refractivity contribution in [2.24, 2.45) is 0 Å². The fourth-order valence-electron chi connectivity index (χ4n) is 6.35. The molecule has 7 nitrogen and oxygen atoms in total. The van der Waals surface area contributed by atoms with Crippen LogP contribution in [0.1, 0.15) is 98.2 Å². The van der Waals surface area contributed by atoms with Gasteiger partial charge in [0.15, 0.2) is 0 Å². The van der Waals surface area contributed by atoms with E-state index in [9.17, 15) is 4.79 Å². The van der Waals surface area contributed by atoms with Crippen LogP contribution in [-0.2, 0) is 23.9 Å². The van der Waals surface area contributed by atoms with E-state index < -0.39 is 0 Å². The van der Waals surface area contributed by atoms with Crippen molar-refractivity contribution in [1.29, 1.82) is 0 Å². The second kappa shape index (κ2) is 39.2. The maximum absolute atomic E-state index is 10.0. The molecule has 8 rings (SSSR count). The van der Waals surface area contributed by atoms with Crippen LogP contribution in [0.3, 0.4) is 0 Å². The topological polar surface area (TPSA) is 105 Å². The molecule has 0 aliphatic rings. The summed E-state index contributed by atoms with van der Waals surface area (Å²) >= 11 is 10.1. The highest BCUT2D eigenvalue weighted by Crippen LogP contribution is 2.26. The summed E-state index contributed by atoms with van der Waals surface area (Å²) in [4.78, 5) is 10.0. The highest BCUT2D eigenvalue weighted by atomic mass is 79.9. The van der Waals surface area contributed by atoms with Gasteiger partial charge in [0, 0.05) is 20.7 Å². The smallest absolute Gasteiger partial charge is 0.150 e. The first-order valence-corrected chi connectivity index (χ1v) is 28.3. The summed E-state index contributed by atoms with van der Waals surface area (Å²) in [6.45, 7) is 21.1. The monoisotopic (exact) mass is 1220 g/mol. The Labute approximate surface area is 479 Å². The largest absolute Gasteiger partial charge is 0.508 e. The quantitative estimate of drug-likeness (QED) is 0.0780. The number of alkyl halides is 2. The molecule has 0 aromatic heterocycles. The lowest BCUT2D eigenvalue weighted by Gasteiger charge is -2.13. The van der Waals surface area contributed by atoms with Crippen molar-refractivity contribution < 1.29 is 34.3 Å². The zero-order valence-corrected chi connectivity index (χ0v) is 50.4. The number of halogens is 3. The summed E-state index contributed by atoms with van der Waals surface area (Å²) < 4.78 is 17.8. The second-order valence-corrected chi connectivity index (χ2v) is 19.8. The van der Waals surface area contributed by atoms with E-state index in [4.69, 9.17) is 29.5 Å². The van der Waals surface area contributed by atoms with Crippen molar-refractivity contribution in [3.8, 4) is 28.7 Å². The predicted octanol–water partition coefficient (Wildman–Crippen LogP) is 18.4. The first-order chi connectivity index (χ1) is 36.5. The lowest BCUT2D eigenvalue weighted by Crippen LogP contribution is -1.99. The van der Waals surface area contributed by atoms with E-state index in [-0.39, 0.29) is 12.4 Å². The zero-order chi connectivity index (χ0) is 56.1. The number of ether oxygens (including phenoxy) is 3. The number of rotatable bonds is 13. The predicted molar refractivity (Wildman–Crippen MR) is 328 cm³/mol. The molecule has 0 aliphatic carbocycles. The molecule has 0 atom stereocenters. The lowest BCUT2D eigenvalue weighted by atomic mass is 10.1. The van der Waals surface area contributed by atoms with Gasteiger partial charge in [0.25, 0.3) is 0 Å². The molecule has 404 valence electrons. The first kappa shape index (κ1) is 65.9. The second-order valence-electron chi connectivity index (χ2n) is 17.7. The molecular formula is C66H77Br3O7. The summed E-state index contributed by atoms with van der Waals surface area (Å²) in [7, 11) is 0. The number of aldehydes is 1. The number of phenolic OH excluding ortho intramolecular Hbond substituents is 2. The van der Waals surface area contributed by atoms with Crippen LogP contribution in [0.5, 0.6) is 28.7 Å². The minimum Gasteiger partial charge on any atom is -0.508 e. The number of aliphatic hydroxyl groups excluding tert-OH is 1. The van der Waals surface area contributed by atoms with E-state index in [1.807, 2.05) is 67.6 Å².